The van der Waals surface area contributed by atoms with E-state index in [-0.39, 0.29) is 0 Å². The Bertz CT molecular complexity index is 329. The van der Waals surface area contributed by atoms with Gasteiger partial charge in [-0.3, -0.25) is 4.90 Å². The Morgan fingerprint density at radius 2 is 1.81 bits per heavy atom. The second-order valence-corrected chi connectivity index (χ2v) is 5.36. The van der Waals surface area contributed by atoms with E-state index in [0.29, 0.717) is 0 Å². The number of piperidine rings is 1. The van der Waals surface area contributed by atoms with Gasteiger partial charge in [-0.25, -0.2) is 0 Å². The molecule has 1 saturated carbocycles. The van der Waals surface area contributed by atoms with Gasteiger partial charge in [0.25, 0.3) is 0 Å². The highest BCUT2D eigenvalue weighted by Gasteiger charge is 2.36. The lowest BCUT2D eigenvalue weighted by atomic mass is 9.97. The van der Waals surface area contributed by atoms with Crippen molar-refractivity contribution in [3.05, 3.63) is 35.9 Å². The Morgan fingerprint density at radius 3 is 2.56 bits per heavy atom. The topological polar surface area (TPSA) is 3.24 Å². The standard InChI is InChI=1S/C15H21N/c1-2-6-13(7-3-1)12-16-11-5-4-8-15(16)14-9-10-14/h1-3,6-7,14-15H,4-5,8-12H2/t15-/m1/s1. The molecule has 0 aromatic heterocycles. The van der Waals surface area contributed by atoms with Crippen molar-refractivity contribution in [1.82, 2.24) is 4.90 Å². The van der Waals surface area contributed by atoms with Crippen molar-refractivity contribution in [2.45, 2.75) is 44.7 Å². The smallest absolute Gasteiger partial charge is 0.0236 e. The Labute approximate surface area is 98.5 Å². The van der Waals surface area contributed by atoms with Crippen molar-refractivity contribution in [2.24, 2.45) is 5.92 Å². The molecule has 1 heterocycles. The molecular formula is C15H21N. The van der Waals surface area contributed by atoms with Crippen LogP contribution >= 0.6 is 0 Å². The number of nitrogens with zero attached hydrogens (tertiary/aromatic N) is 1. The molecule has 2 fully saturated rings. The summed E-state index contributed by atoms with van der Waals surface area (Å²) in [7, 11) is 0. The van der Waals surface area contributed by atoms with Gasteiger partial charge in [-0.05, 0) is 43.7 Å². The summed E-state index contributed by atoms with van der Waals surface area (Å²) in [6, 6.07) is 11.8. The van der Waals surface area contributed by atoms with Gasteiger partial charge in [0.15, 0.2) is 0 Å². The molecule has 1 aliphatic heterocycles. The molecule has 0 unspecified atom stereocenters. The van der Waals surface area contributed by atoms with Gasteiger partial charge >= 0.3 is 0 Å². The molecule has 16 heavy (non-hydrogen) atoms. The molecule has 0 radical (unpaired) electrons. The molecule has 3 rings (SSSR count). The van der Waals surface area contributed by atoms with Gasteiger partial charge in [0.05, 0.1) is 0 Å². The summed E-state index contributed by atoms with van der Waals surface area (Å²) in [5.74, 6) is 1.03. The fraction of sp³-hybridized carbons (Fsp3) is 0.600. The minimum atomic E-state index is 0.897. The molecule has 0 N–H and O–H groups in total. The predicted octanol–water partition coefficient (Wildman–Crippen LogP) is 3.45. The van der Waals surface area contributed by atoms with Crippen LogP contribution in [0, 0.1) is 5.92 Å². The van der Waals surface area contributed by atoms with Crippen LogP contribution in [0.4, 0.5) is 0 Å². The van der Waals surface area contributed by atoms with E-state index in [2.05, 4.69) is 35.2 Å². The lowest BCUT2D eigenvalue weighted by Crippen LogP contribution is -2.40. The lowest BCUT2D eigenvalue weighted by molar-refractivity contribution is 0.123. The van der Waals surface area contributed by atoms with Crippen molar-refractivity contribution < 1.29 is 0 Å². The molecule has 0 bridgehead atoms. The average Bonchev–Trinajstić information content (AvgIpc) is 3.15. The molecule has 1 nitrogen and oxygen atoms in total. The van der Waals surface area contributed by atoms with Crippen LogP contribution in [0.1, 0.15) is 37.7 Å². The first-order chi connectivity index (χ1) is 7.93. The molecule has 1 aliphatic carbocycles. The van der Waals surface area contributed by atoms with Crippen molar-refractivity contribution in [3.63, 3.8) is 0 Å². The van der Waals surface area contributed by atoms with Gasteiger partial charge < -0.3 is 0 Å². The van der Waals surface area contributed by atoms with Crippen molar-refractivity contribution in [1.29, 1.82) is 0 Å². The van der Waals surface area contributed by atoms with E-state index in [1.165, 1.54) is 50.8 Å². The minimum Gasteiger partial charge on any atom is -0.296 e. The summed E-state index contributed by atoms with van der Waals surface area (Å²) in [6.07, 6.45) is 7.26. The van der Waals surface area contributed by atoms with Crippen LogP contribution in [-0.4, -0.2) is 17.5 Å². The third-order valence-electron chi connectivity index (χ3n) is 4.06. The minimum absolute atomic E-state index is 0.897. The quantitative estimate of drug-likeness (QED) is 0.746. The fourth-order valence-corrected chi connectivity index (χ4v) is 3.05. The van der Waals surface area contributed by atoms with Crippen LogP contribution in [0.3, 0.4) is 0 Å². The molecule has 1 aromatic carbocycles. The summed E-state index contributed by atoms with van der Waals surface area (Å²) in [4.78, 5) is 2.73. The van der Waals surface area contributed by atoms with Gasteiger partial charge in [-0.1, -0.05) is 36.8 Å². The highest BCUT2D eigenvalue weighted by Crippen LogP contribution is 2.39. The van der Waals surface area contributed by atoms with E-state index < -0.39 is 0 Å². The maximum absolute atomic E-state index is 2.73. The van der Waals surface area contributed by atoms with Crippen molar-refractivity contribution >= 4 is 0 Å². The normalized spacial score (nSPS) is 26.9. The first-order valence-electron chi connectivity index (χ1n) is 6.71. The molecule has 1 atom stereocenters. The lowest BCUT2D eigenvalue weighted by Gasteiger charge is -2.36. The zero-order chi connectivity index (χ0) is 10.8. The Balaban J connectivity index is 1.67. The average molecular weight is 215 g/mol. The Kier molecular flexibility index (Phi) is 2.96. The van der Waals surface area contributed by atoms with E-state index in [1.807, 2.05) is 0 Å². The first kappa shape index (κ1) is 10.3. The molecule has 1 heteroatoms. The van der Waals surface area contributed by atoms with Crippen LogP contribution in [0.5, 0.6) is 0 Å². The zero-order valence-corrected chi connectivity index (χ0v) is 9.94. The number of hydrogen-bond donors (Lipinski definition) is 0. The molecule has 1 aromatic rings. The second kappa shape index (κ2) is 4.58. The number of benzene rings is 1. The maximum Gasteiger partial charge on any atom is 0.0236 e. The number of likely N-dealkylation sites (tertiary alicyclic amines) is 1. The van der Waals surface area contributed by atoms with E-state index in [9.17, 15) is 0 Å². The van der Waals surface area contributed by atoms with Crippen LogP contribution in [-0.2, 0) is 6.54 Å². The zero-order valence-electron chi connectivity index (χ0n) is 9.94. The molecule has 1 saturated heterocycles. The van der Waals surface area contributed by atoms with E-state index in [0.717, 1.165) is 12.0 Å². The van der Waals surface area contributed by atoms with E-state index in [4.69, 9.17) is 0 Å². The van der Waals surface area contributed by atoms with E-state index in [1.54, 1.807) is 0 Å². The van der Waals surface area contributed by atoms with Gasteiger partial charge in [0.1, 0.15) is 0 Å². The maximum atomic E-state index is 2.73. The van der Waals surface area contributed by atoms with Crippen LogP contribution in [0.15, 0.2) is 30.3 Å². The third-order valence-corrected chi connectivity index (χ3v) is 4.06. The Morgan fingerprint density at radius 1 is 1.00 bits per heavy atom. The van der Waals surface area contributed by atoms with Crippen LogP contribution < -0.4 is 0 Å². The SMILES string of the molecule is c1ccc(CN2CCCC[C@@H]2C2CC2)cc1. The first-order valence-corrected chi connectivity index (χ1v) is 6.71. The predicted molar refractivity (Wildman–Crippen MR) is 67.2 cm³/mol. The monoisotopic (exact) mass is 215 g/mol. The molecule has 0 spiro atoms. The summed E-state index contributed by atoms with van der Waals surface area (Å²) < 4.78 is 0. The summed E-state index contributed by atoms with van der Waals surface area (Å²) >= 11 is 0. The molecule has 0 amide bonds. The largest absolute Gasteiger partial charge is 0.296 e. The third kappa shape index (κ3) is 2.30. The van der Waals surface area contributed by atoms with Crippen molar-refractivity contribution in [3.8, 4) is 0 Å². The van der Waals surface area contributed by atoms with Crippen molar-refractivity contribution in [2.75, 3.05) is 6.54 Å². The van der Waals surface area contributed by atoms with Gasteiger partial charge in [-0.15, -0.1) is 0 Å². The summed E-state index contributed by atoms with van der Waals surface area (Å²) in [5.41, 5.74) is 1.48. The summed E-state index contributed by atoms with van der Waals surface area (Å²) in [6.45, 7) is 2.48. The highest BCUT2D eigenvalue weighted by molar-refractivity contribution is 5.15. The molecule has 2 aliphatic rings. The second-order valence-electron chi connectivity index (χ2n) is 5.36. The van der Waals surface area contributed by atoms with Crippen LogP contribution in [0.2, 0.25) is 0 Å². The van der Waals surface area contributed by atoms with Gasteiger partial charge in [0, 0.05) is 12.6 Å². The van der Waals surface area contributed by atoms with Gasteiger partial charge in [0.2, 0.25) is 0 Å². The summed E-state index contributed by atoms with van der Waals surface area (Å²) in [5, 5.41) is 0. The van der Waals surface area contributed by atoms with Gasteiger partial charge in [-0.2, -0.15) is 0 Å². The van der Waals surface area contributed by atoms with E-state index >= 15 is 0 Å². The Hall–Kier alpha value is -0.820. The van der Waals surface area contributed by atoms with Crippen LogP contribution in [0.25, 0.3) is 0 Å². The number of rotatable bonds is 3. The highest BCUT2D eigenvalue weighted by atomic mass is 15.2. The molecule has 86 valence electrons. The number of hydrogen-bond acceptors (Lipinski definition) is 1. The molecular weight excluding hydrogens is 194 g/mol. The fourth-order valence-electron chi connectivity index (χ4n) is 3.05.